The fraction of sp³-hybridized carbons (Fsp3) is 0.500. The van der Waals surface area contributed by atoms with Gasteiger partial charge in [-0.15, -0.1) is 0 Å². The van der Waals surface area contributed by atoms with Gasteiger partial charge >= 0.3 is 0 Å². The van der Waals surface area contributed by atoms with Gasteiger partial charge in [0, 0.05) is 29.9 Å². The first-order valence-corrected chi connectivity index (χ1v) is 5.69. The number of benzene rings is 1. The highest BCUT2D eigenvalue weighted by Crippen LogP contribution is 2.32. The van der Waals surface area contributed by atoms with Gasteiger partial charge in [0.1, 0.15) is 0 Å². The molecule has 0 unspecified atom stereocenters. The molecule has 82 valence electrons. The van der Waals surface area contributed by atoms with Crippen LogP contribution in [0.2, 0.25) is 5.02 Å². The van der Waals surface area contributed by atoms with Crippen LogP contribution in [0, 0.1) is 5.92 Å². The van der Waals surface area contributed by atoms with Crippen molar-refractivity contribution < 1.29 is 5.11 Å². The molecule has 1 N–H and O–H groups in total. The van der Waals surface area contributed by atoms with E-state index in [1.54, 1.807) is 0 Å². The topological polar surface area (TPSA) is 23.5 Å². The molecular weight excluding hydrogens is 210 g/mol. The van der Waals surface area contributed by atoms with Gasteiger partial charge in [-0.1, -0.05) is 11.6 Å². The third kappa shape index (κ3) is 2.64. The molecule has 0 atom stereocenters. The second-order valence-electron chi connectivity index (χ2n) is 4.26. The van der Waals surface area contributed by atoms with Crippen LogP contribution in [0.15, 0.2) is 18.2 Å². The predicted molar refractivity (Wildman–Crippen MR) is 63.4 cm³/mol. The van der Waals surface area contributed by atoms with Crippen LogP contribution in [-0.4, -0.2) is 18.7 Å². The highest BCUT2D eigenvalue weighted by atomic mass is 35.5. The van der Waals surface area contributed by atoms with Gasteiger partial charge in [-0.2, -0.15) is 0 Å². The van der Waals surface area contributed by atoms with E-state index in [1.165, 1.54) is 12.8 Å². The summed E-state index contributed by atoms with van der Waals surface area (Å²) in [6, 6.07) is 5.69. The standard InChI is InChI=1S/C12H16ClNO/c1-14(7-9-2-3-9)12-5-4-11(13)6-10(12)8-15/h4-6,9,15H,2-3,7-8H2,1H3. The second-order valence-corrected chi connectivity index (χ2v) is 4.69. The third-order valence-electron chi connectivity index (χ3n) is 2.85. The lowest BCUT2D eigenvalue weighted by atomic mass is 10.1. The van der Waals surface area contributed by atoms with Gasteiger partial charge in [0.25, 0.3) is 0 Å². The predicted octanol–water partition coefficient (Wildman–Crippen LogP) is 2.68. The summed E-state index contributed by atoms with van der Waals surface area (Å²) in [4.78, 5) is 2.21. The summed E-state index contributed by atoms with van der Waals surface area (Å²) >= 11 is 5.89. The monoisotopic (exact) mass is 225 g/mol. The molecule has 0 spiro atoms. The van der Waals surface area contributed by atoms with Crippen molar-refractivity contribution in [2.24, 2.45) is 5.92 Å². The van der Waals surface area contributed by atoms with E-state index in [-0.39, 0.29) is 6.61 Å². The Labute approximate surface area is 95.5 Å². The van der Waals surface area contributed by atoms with Crippen molar-refractivity contribution in [3.63, 3.8) is 0 Å². The molecule has 1 saturated carbocycles. The maximum Gasteiger partial charge on any atom is 0.0702 e. The zero-order chi connectivity index (χ0) is 10.8. The minimum atomic E-state index is 0.0465. The van der Waals surface area contributed by atoms with Crippen molar-refractivity contribution in [2.45, 2.75) is 19.4 Å². The van der Waals surface area contributed by atoms with Gasteiger partial charge in [-0.3, -0.25) is 0 Å². The number of halogens is 1. The Morgan fingerprint density at radius 3 is 2.80 bits per heavy atom. The van der Waals surface area contributed by atoms with Crippen molar-refractivity contribution in [1.29, 1.82) is 0 Å². The first kappa shape index (κ1) is 10.8. The average molecular weight is 226 g/mol. The molecule has 0 aromatic heterocycles. The molecule has 2 rings (SSSR count). The number of aliphatic hydroxyl groups is 1. The van der Waals surface area contributed by atoms with Gasteiger partial charge in [-0.25, -0.2) is 0 Å². The molecule has 1 aromatic carbocycles. The van der Waals surface area contributed by atoms with Crippen LogP contribution in [0.25, 0.3) is 0 Å². The van der Waals surface area contributed by atoms with Crippen LogP contribution in [0.5, 0.6) is 0 Å². The first-order valence-electron chi connectivity index (χ1n) is 5.31. The minimum Gasteiger partial charge on any atom is -0.392 e. The van der Waals surface area contributed by atoms with Crippen molar-refractivity contribution in [2.75, 3.05) is 18.5 Å². The van der Waals surface area contributed by atoms with Gasteiger partial charge < -0.3 is 10.0 Å². The fourth-order valence-electron chi connectivity index (χ4n) is 1.84. The van der Waals surface area contributed by atoms with E-state index in [2.05, 4.69) is 11.9 Å². The van der Waals surface area contributed by atoms with E-state index < -0.39 is 0 Å². The number of hydrogen-bond donors (Lipinski definition) is 1. The molecule has 0 amide bonds. The van der Waals surface area contributed by atoms with Crippen molar-refractivity contribution in [1.82, 2.24) is 0 Å². The Hall–Kier alpha value is -0.730. The molecule has 1 fully saturated rings. The van der Waals surface area contributed by atoms with Gasteiger partial charge in [0.05, 0.1) is 6.61 Å². The van der Waals surface area contributed by atoms with E-state index in [1.807, 2.05) is 18.2 Å². The van der Waals surface area contributed by atoms with Gasteiger partial charge in [0.15, 0.2) is 0 Å². The summed E-state index contributed by atoms with van der Waals surface area (Å²) in [6.07, 6.45) is 2.68. The molecule has 0 saturated heterocycles. The van der Waals surface area contributed by atoms with Crippen LogP contribution in [-0.2, 0) is 6.61 Å². The number of aliphatic hydroxyl groups excluding tert-OH is 1. The van der Waals surface area contributed by atoms with Crippen molar-refractivity contribution in [3.05, 3.63) is 28.8 Å². The summed E-state index contributed by atoms with van der Waals surface area (Å²) in [6.45, 7) is 1.12. The molecule has 0 heterocycles. The Morgan fingerprint density at radius 2 is 2.20 bits per heavy atom. The van der Waals surface area contributed by atoms with E-state index in [9.17, 15) is 5.11 Å². The molecule has 15 heavy (non-hydrogen) atoms. The highest BCUT2D eigenvalue weighted by molar-refractivity contribution is 6.30. The summed E-state index contributed by atoms with van der Waals surface area (Å²) in [7, 11) is 2.07. The zero-order valence-corrected chi connectivity index (χ0v) is 9.67. The zero-order valence-electron chi connectivity index (χ0n) is 8.91. The van der Waals surface area contributed by atoms with Crippen LogP contribution < -0.4 is 4.90 Å². The molecular formula is C12H16ClNO. The number of rotatable bonds is 4. The number of nitrogens with zero attached hydrogens (tertiary/aromatic N) is 1. The van der Waals surface area contributed by atoms with E-state index in [0.717, 1.165) is 23.7 Å². The normalized spacial score (nSPS) is 15.4. The Morgan fingerprint density at radius 1 is 1.47 bits per heavy atom. The van der Waals surface area contributed by atoms with Gasteiger partial charge in [-0.05, 0) is 37.0 Å². The molecule has 1 aromatic rings. The molecule has 1 aliphatic rings. The van der Waals surface area contributed by atoms with Crippen molar-refractivity contribution in [3.8, 4) is 0 Å². The SMILES string of the molecule is CN(CC1CC1)c1ccc(Cl)cc1CO. The summed E-state index contributed by atoms with van der Waals surface area (Å²) in [5.41, 5.74) is 2.00. The van der Waals surface area contributed by atoms with E-state index in [0.29, 0.717) is 5.02 Å². The Balaban J connectivity index is 2.17. The average Bonchev–Trinajstić information content (AvgIpc) is 3.01. The molecule has 2 nitrogen and oxygen atoms in total. The Bertz CT molecular complexity index is 349. The Kier molecular flexibility index (Phi) is 3.17. The first-order chi connectivity index (χ1) is 7.20. The summed E-state index contributed by atoms with van der Waals surface area (Å²) < 4.78 is 0. The number of hydrogen-bond acceptors (Lipinski definition) is 2. The van der Waals surface area contributed by atoms with E-state index >= 15 is 0 Å². The molecule has 0 aliphatic heterocycles. The van der Waals surface area contributed by atoms with Crippen LogP contribution in [0.1, 0.15) is 18.4 Å². The molecule has 3 heteroatoms. The summed E-state index contributed by atoms with van der Waals surface area (Å²) in [5.74, 6) is 0.845. The van der Waals surface area contributed by atoms with Gasteiger partial charge in [0.2, 0.25) is 0 Å². The quantitative estimate of drug-likeness (QED) is 0.852. The largest absolute Gasteiger partial charge is 0.392 e. The van der Waals surface area contributed by atoms with Crippen molar-refractivity contribution >= 4 is 17.3 Å². The minimum absolute atomic E-state index is 0.0465. The third-order valence-corrected chi connectivity index (χ3v) is 3.09. The number of anilines is 1. The fourth-order valence-corrected chi connectivity index (χ4v) is 2.03. The lowest BCUT2D eigenvalue weighted by Gasteiger charge is -2.21. The lowest BCUT2D eigenvalue weighted by molar-refractivity contribution is 0.282. The van der Waals surface area contributed by atoms with Crippen LogP contribution >= 0.6 is 11.6 Å². The smallest absolute Gasteiger partial charge is 0.0702 e. The maximum atomic E-state index is 9.26. The molecule has 0 bridgehead atoms. The highest BCUT2D eigenvalue weighted by Gasteiger charge is 2.23. The molecule has 0 radical (unpaired) electrons. The lowest BCUT2D eigenvalue weighted by Crippen LogP contribution is -2.21. The van der Waals surface area contributed by atoms with Crippen LogP contribution in [0.3, 0.4) is 0 Å². The second kappa shape index (κ2) is 4.42. The van der Waals surface area contributed by atoms with Crippen LogP contribution in [0.4, 0.5) is 5.69 Å². The maximum absolute atomic E-state index is 9.26. The molecule has 1 aliphatic carbocycles. The summed E-state index contributed by atoms with van der Waals surface area (Å²) in [5, 5.41) is 9.94. The van der Waals surface area contributed by atoms with E-state index in [4.69, 9.17) is 11.6 Å².